The number of nitro benzene ring substituents is 1. The number of nitrogens with one attached hydrogen (secondary N) is 1. The number of hydrogen-bond donors (Lipinski definition) is 1. The highest BCUT2D eigenvalue weighted by molar-refractivity contribution is 5.81. The number of benzene rings is 2. The van der Waals surface area contributed by atoms with Crippen molar-refractivity contribution in [2.24, 2.45) is 5.10 Å². The largest absolute Gasteiger partial charge is 0.416 e. The first-order chi connectivity index (χ1) is 13.3. The van der Waals surface area contributed by atoms with E-state index in [4.69, 9.17) is 0 Å². The molecule has 0 saturated carbocycles. The molecule has 1 heterocycles. The Morgan fingerprint density at radius 2 is 1.86 bits per heavy atom. The Bertz CT molecular complexity index is 909. The van der Waals surface area contributed by atoms with Gasteiger partial charge in [-0.05, 0) is 42.7 Å². The molecule has 1 aliphatic heterocycles. The van der Waals surface area contributed by atoms with Crippen molar-refractivity contribution < 1.29 is 22.5 Å². The summed E-state index contributed by atoms with van der Waals surface area (Å²) in [5.74, 6) is -0.411. The minimum Gasteiger partial charge on any atom is -0.369 e. The lowest BCUT2D eigenvalue weighted by Gasteiger charge is -2.18. The SMILES string of the molecule is O=[N+]([O-])c1cc(C(F)(F)F)ccc1N/N=C\c1ccc(N2CCCC2)c(F)c1. The van der Waals surface area contributed by atoms with Gasteiger partial charge in [0.25, 0.3) is 5.69 Å². The molecule has 0 radical (unpaired) electrons. The summed E-state index contributed by atoms with van der Waals surface area (Å²) < 4.78 is 52.4. The van der Waals surface area contributed by atoms with Gasteiger partial charge in [0.05, 0.1) is 22.4 Å². The van der Waals surface area contributed by atoms with Gasteiger partial charge in [0, 0.05) is 19.2 Å². The van der Waals surface area contributed by atoms with E-state index in [1.807, 2.05) is 4.90 Å². The van der Waals surface area contributed by atoms with Crippen LogP contribution in [-0.4, -0.2) is 24.2 Å². The second-order valence-corrected chi connectivity index (χ2v) is 6.26. The highest BCUT2D eigenvalue weighted by Crippen LogP contribution is 2.35. The lowest BCUT2D eigenvalue weighted by atomic mass is 10.1. The summed E-state index contributed by atoms with van der Waals surface area (Å²) in [5, 5.41) is 14.8. The van der Waals surface area contributed by atoms with Crippen molar-refractivity contribution >= 4 is 23.3 Å². The Hall–Kier alpha value is -3.17. The molecule has 0 spiro atoms. The standard InChI is InChI=1S/C18H16F4N4O2/c19-14-9-12(3-6-16(14)25-7-1-2-8-25)11-23-24-15-5-4-13(18(20,21)22)10-17(15)26(27)28/h3-6,9-11,24H,1-2,7-8H2/b23-11-. The number of hydrazone groups is 1. The summed E-state index contributed by atoms with van der Waals surface area (Å²) in [6.45, 7) is 1.59. The van der Waals surface area contributed by atoms with E-state index in [0.717, 1.165) is 38.1 Å². The molecule has 2 aromatic rings. The molecule has 10 heteroatoms. The van der Waals surface area contributed by atoms with Crippen LogP contribution in [0.3, 0.4) is 0 Å². The van der Waals surface area contributed by atoms with Crippen LogP contribution in [0.1, 0.15) is 24.0 Å². The van der Waals surface area contributed by atoms with Crippen molar-refractivity contribution in [3.05, 3.63) is 63.5 Å². The van der Waals surface area contributed by atoms with Gasteiger partial charge >= 0.3 is 6.18 Å². The summed E-state index contributed by atoms with van der Waals surface area (Å²) in [4.78, 5) is 12.0. The van der Waals surface area contributed by atoms with Crippen LogP contribution in [0.5, 0.6) is 0 Å². The van der Waals surface area contributed by atoms with Crippen molar-refractivity contribution in [2.45, 2.75) is 19.0 Å². The van der Waals surface area contributed by atoms with Gasteiger partial charge in [-0.25, -0.2) is 4.39 Å². The number of rotatable bonds is 5. The second-order valence-electron chi connectivity index (χ2n) is 6.26. The first-order valence-corrected chi connectivity index (χ1v) is 8.45. The number of halogens is 4. The van der Waals surface area contributed by atoms with Gasteiger partial charge in [0.1, 0.15) is 11.5 Å². The topological polar surface area (TPSA) is 70.8 Å². The van der Waals surface area contributed by atoms with Gasteiger partial charge in [0.2, 0.25) is 0 Å². The van der Waals surface area contributed by atoms with E-state index in [0.29, 0.717) is 17.3 Å². The van der Waals surface area contributed by atoms with Gasteiger partial charge in [0.15, 0.2) is 0 Å². The fourth-order valence-electron chi connectivity index (χ4n) is 2.95. The van der Waals surface area contributed by atoms with Gasteiger partial charge in [-0.15, -0.1) is 0 Å². The van der Waals surface area contributed by atoms with E-state index >= 15 is 0 Å². The Morgan fingerprint density at radius 1 is 1.14 bits per heavy atom. The van der Waals surface area contributed by atoms with Crippen molar-refractivity contribution in [3.63, 3.8) is 0 Å². The third kappa shape index (κ3) is 4.38. The van der Waals surface area contributed by atoms with Crippen molar-refractivity contribution in [2.75, 3.05) is 23.4 Å². The zero-order valence-electron chi connectivity index (χ0n) is 14.5. The molecule has 6 nitrogen and oxygen atoms in total. The quantitative estimate of drug-likeness (QED) is 0.341. The lowest BCUT2D eigenvalue weighted by molar-refractivity contribution is -0.384. The zero-order chi connectivity index (χ0) is 20.3. The van der Waals surface area contributed by atoms with Crippen LogP contribution in [0.4, 0.5) is 34.6 Å². The van der Waals surface area contributed by atoms with E-state index in [2.05, 4.69) is 10.5 Å². The first-order valence-electron chi connectivity index (χ1n) is 8.45. The molecule has 28 heavy (non-hydrogen) atoms. The van der Waals surface area contributed by atoms with E-state index in [-0.39, 0.29) is 5.69 Å². The molecule has 1 fully saturated rings. The molecule has 0 aliphatic carbocycles. The number of alkyl halides is 3. The number of nitrogens with zero attached hydrogens (tertiary/aromatic N) is 3. The van der Waals surface area contributed by atoms with Crippen molar-refractivity contribution in [1.29, 1.82) is 0 Å². The second kappa shape index (κ2) is 7.83. The third-order valence-corrected chi connectivity index (χ3v) is 4.34. The monoisotopic (exact) mass is 396 g/mol. The molecule has 3 rings (SSSR count). The van der Waals surface area contributed by atoms with Crippen LogP contribution < -0.4 is 10.3 Å². The minimum atomic E-state index is -4.69. The van der Waals surface area contributed by atoms with Gasteiger partial charge < -0.3 is 4.90 Å². The van der Waals surface area contributed by atoms with Gasteiger partial charge in [-0.2, -0.15) is 18.3 Å². The predicted octanol–water partition coefficient (Wildman–Crippen LogP) is 4.80. The first kappa shape index (κ1) is 19.6. The molecular weight excluding hydrogens is 380 g/mol. The average Bonchev–Trinajstić information content (AvgIpc) is 3.15. The summed E-state index contributed by atoms with van der Waals surface area (Å²) in [6, 6.07) is 6.62. The summed E-state index contributed by atoms with van der Waals surface area (Å²) >= 11 is 0. The van der Waals surface area contributed by atoms with E-state index in [1.165, 1.54) is 12.3 Å². The van der Waals surface area contributed by atoms with Gasteiger partial charge in [-0.1, -0.05) is 6.07 Å². The molecule has 0 aromatic heterocycles. The Labute approximate surface area is 157 Å². The number of anilines is 2. The van der Waals surface area contributed by atoms with Crippen LogP contribution in [0.2, 0.25) is 0 Å². The van der Waals surface area contributed by atoms with Crippen LogP contribution in [0.15, 0.2) is 41.5 Å². The van der Waals surface area contributed by atoms with Crippen LogP contribution in [0, 0.1) is 15.9 Å². The maximum Gasteiger partial charge on any atom is 0.416 e. The highest BCUT2D eigenvalue weighted by atomic mass is 19.4. The van der Waals surface area contributed by atoms with Crippen molar-refractivity contribution in [3.8, 4) is 0 Å². The molecule has 0 amide bonds. The van der Waals surface area contributed by atoms with Crippen LogP contribution >= 0.6 is 0 Å². The molecule has 0 atom stereocenters. The van der Waals surface area contributed by atoms with Crippen LogP contribution in [-0.2, 0) is 6.18 Å². The smallest absolute Gasteiger partial charge is 0.369 e. The molecule has 148 valence electrons. The zero-order valence-corrected chi connectivity index (χ0v) is 14.5. The molecule has 1 N–H and O–H groups in total. The molecule has 0 unspecified atom stereocenters. The third-order valence-electron chi connectivity index (χ3n) is 4.34. The minimum absolute atomic E-state index is 0.205. The fourth-order valence-corrected chi connectivity index (χ4v) is 2.95. The fraction of sp³-hybridized carbons (Fsp3) is 0.278. The molecule has 1 saturated heterocycles. The predicted molar refractivity (Wildman–Crippen MR) is 97.2 cm³/mol. The van der Waals surface area contributed by atoms with Crippen LogP contribution in [0.25, 0.3) is 0 Å². The summed E-state index contributed by atoms with van der Waals surface area (Å²) in [6.07, 6.45) is -1.43. The Balaban J connectivity index is 1.75. The molecule has 0 bridgehead atoms. The molecular formula is C18H16F4N4O2. The Kier molecular flexibility index (Phi) is 5.48. The molecule has 1 aliphatic rings. The average molecular weight is 396 g/mol. The van der Waals surface area contributed by atoms with Gasteiger partial charge in [-0.3, -0.25) is 15.5 Å². The summed E-state index contributed by atoms with van der Waals surface area (Å²) in [7, 11) is 0. The summed E-state index contributed by atoms with van der Waals surface area (Å²) in [5.41, 5.74) is 1.15. The highest BCUT2D eigenvalue weighted by Gasteiger charge is 2.33. The maximum absolute atomic E-state index is 14.3. The van der Waals surface area contributed by atoms with E-state index in [9.17, 15) is 27.7 Å². The lowest BCUT2D eigenvalue weighted by Crippen LogP contribution is -2.18. The normalized spacial score (nSPS) is 14.6. The van der Waals surface area contributed by atoms with E-state index in [1.54, 1.807) is 12.1 Å². The van der Waals surface area contributed by atoms with Crippen molar-refractivity contribution in [1.82, 2.24) is 0 Å². The number of nitro groups is 1. The van der Waals surface area contributed by atoms with E-state index < -0.39 is 28.2 Å². The molecule has 2 aromatic carbocycles. The number of hydrogen-bond acceptors (Lipinski definition) is 5. The Morgan fingerprint density at radius 3 is 2.46 bits per heavy atom. The maximum atomic E-state index is 14.3.